The number of ether oxygens (including phenoxy) is 1. The number of aromatic nitrogens is 6. The second-order valence-corrected chi connectivity index (χ2v) is 8.50. The molecule has 4 aromatic rings. The van der Waals surface area contributed by atoms with Gasteiger partial charge >= 0.3 is 6.18 Å². The third kappa shape index (κ3) is 4.60. The average Bonchev–Trinajstić information content (AvgIpc) is 3.47. The van der Waals surface area contributed by atoms with E-state index < -0.39 is 23.5 Å². The van der Waals surface area contributed by atoms with Crippen molar-refractivity contribution in [2.45, 2.75) is 38.4 Å². The molecular weight excluding hydrogens is 476 g/mol. The molecule has 0 amide bonds. The summed E-state index contributed by atoms with van der Waals surface area (Å²) in [7, 11) is 1.52. The zero-order valence-corrected chi connectivity index (χ0v) is 19.5. The molecule has 0 bridgehead atoms. The Balaban J connectivity index is 1.45. The van der Waals surface area contributed by atoms with Crippen LogP contribution in [0.15, 0.2) is 42.9 Å². The number of rotatable bonds is 5. The molecule has 186 valence electrons. The van der Waals surface area contributed by atoms with Crippen LogP contribution < -0.4 is 4.74 Å². The minimum Gasteiger partial charge on any atom is -0.479 e. The first kappa shape index (κ1) is 23.7. The van der Waals surface area contributed by atoms with Gasteiger partial charge in [0.1, 0.15) is 17.3 Å². The quantitative estimate of drug-likeness (QED) is 0.343. The van der Waals surface area contributed by atoms with Gasteiger partial charge in [0.05, 0.1) is 30.4 Å². The summed E-state index contributed by atoms with van der Waals surface area (Å²) in [5, 5.41) is 4.44. The fourth-order valence-corrected chi connectivity index (χ4v) is 4.41. The minimum atomic E-state index is -4.60. The van der Waals surface area contributed by atoms with E-state index >= 15 is 0 Å². The van der Waals surface area contributed by atoms with Crippen molar-refractivity contribution in [2.24, 2.45) is 0 Å². The second kappa shape index (κ2) is 9.21. The normalized spacial score (nSPS) is 15.9. The summed E-state index contributed by atoms with van der Waals surface area (Å²) in [6.45, 7) is 2.40. The molecule has 7 nitrogen and oxygen atoms in total. The maximum atomic E-state index is 13.9. The van der Waals surface area contributed by atoms with Gasteiger partial charge in [0.25, 0.3) is 0 Å². The topological polar surface area (TPSA) is 70.7 Å². The smallest absolute Gasteiger partial charge is 0.416 e. The predicted molar refractivity (Wildman–Crippen MR) is 124 cm³/mol. The van der Waals surface area contributed by atoms with E-state index in [0.717, 1.165) is 29.6 Å². The largest absolute Gasteiger partial charge is 0.479 e. The molecule has 0 fully saturated rings. The molecule has 3 aromatic heterocycles. The molecule has 5 rings (SSSR count). The molecule has 1 aliphatic rings. The van der Waals surface area contributed by atoms with E-state index in [1.54, 1.807) is 33.8 Å². The fourth-order valence-electron chi connectivity index (χ4n) is 4.41. The van der Waals surface area contributed by atoms with Gasteiger partial charge in [-0.1, -0.05) is 0 Å². The molecule has 0 N–H and O–H groups in total. The number of benzene rings is 1. The summed E-state index contributed by atoms with van der Waals surface area (Å²) >= 11 is 0. The molecule has 4 heterocycles. The maximum absolute atomic E-state index is 13.9. The summed E-state index contributed by atoms with van der Waals surface area (Å²) in [5.74, 6) is -0.316. The highest BCUT2D eigenvalue weighted by atomic mass is 19.4. The van der Waals surface area contributed by atoms with Crippen LogP contribution in [0.3, 0.4) is 0 Å². The van der Waals surface area contributed by atoms with E-state index in [1.807, 2.05) is 19.2 Å². The van der Waals surface area contributed by atoms with Gasteiger partial charge in [0.15, 0.2) is 5.82 Å². The molecule has 1 aromatic carbocycles. The summed E-state index contributed by atoms with van der Waals surface area (Å²) in [6, 6.07) is 6.21. The monoisotopic (exact) mass is 498 g/mol. The van der Waals surface area contributed by atoms with Crippen molar-refractivity contribution in [1.29, 1.82) is 0 Å². The van der Waals surface area contributed by atoms with Gasteiger partial charge in [-0.25, -0.2) is 24.0 Å². The first-order chi connectivity index (χ1) is 17.2. The van der Waals surface area contributed by atoms with E-state index in [1.165, 1.54) is 7.11 Å². The van der Waals surface area contributed by atoms with Crippen LogP contribution in [0.1, 0.15) is 52.9 Å². The Morgan fingerprint density at radius 1 is 1.11 bits per heavy atom. The molecule has 11 heteroatoms. The van der Waals surface area contributed by atoms with E-state index in [4.69, 9.17) is 4.74 Å². The Bertz CT molecular complexity index is 1440. The Labute approximate surface area is 204 Å². The van der Waals surface area contributed by atoms with Crippen molar-refractivity contribution >= 4 is 12.2 Å². The fraction of sp³-hybridized carbons (Fsp3) is 0.280. The lowest BCUT2D eigenvalue weighted by Crippen LogP contribution is -2.21. The minimum absolute atomic E-state index is 0.122. The summed E-state index contributed by atoms with van der Waals surface area (Å²) in [6.07, 6.45) is 3.29. The molecular formula is C25H22F4N6O. The van der Waals surface area contributed by atoms with Crippen LogP contribution in [0, 0.1) is 12.7 Å². The highest BCUT2D eigenvalue weighted by Crippen LogP contribution is 2.40. The van der Waals surface area contributed by atoms with Gasteiger partial charge in [-0.2, -0.15) is 18.3 Å². The van der Waals surface area contributed by atoms with E-state index in [9.17, 15) is 17.6 Å². The molecule has 0 saturated heterocycles. The van der Waals surface area contributed by atoms with Crippen molar-refractivity contribution < 1.29 is 22.3 Å². The van der Waals surface area contributed by atoms with E-state index in [2.05, 4.69) is 20.1 Å². The Hall–Kier alpha value is -4.02. The van der Waals surface area contributed by atoms with Gasteiger partial charge in [0, 0.05) is 18.7 Å². The van der Waals surface area contributed by atoms with Crippen molar-refractivity contribution in [1.82, 2.24) is 29.3 Å². The number of hydrogen-bond donors (Lipinski definition) is 0. The van der Waals surface area contributed by atoms with Crippen LogP contribution in [0.4, 0.5) is 17.6 Å². The van der Waals surface area contributed by atoms with Gasteiger partial charge in [-0.3, -0.25) is 0 Å². The summed E-state index contributed by atoms with van der Waals surface area (Å²) < 4.78 is 63.6. The number of aryl methyl sites for hydroxylation is 2. The molecule has 0 aliphatic carbocycles. The first-order valence-corrected chi connectivity index (χ1v) is 11.3. The van der Waals surface area contributed by atoms with Gasteiger partial charge in [-0.15, -0.1) is 0 Å². The Morgan fingerprint density at radius 3 is 2.67 bits per heavy atom. The Morgan fingerprint density at radius 2 is 1.94 bits per heavy atom. The molecule has 1 unspecified atom stereocenters. The second-order valence-electron chi connectivity index (χ2n) is 8.50. The number of hydrogen-bond acceptors (Lipinski definition) is 5. The number of nitrogens with zero attached hydrogens (tertiary/aromatic N) is 6. The highest BCUT2D eigenvalue weighted by Gasteiger charge is 2.37. The van der Waals surface area contributed by atoms with Crippen LogP contribution in [0.25, 0.3) is 17.8 Å². The Kier molecular flexibility index (Phi) is 6.07. The molecule has 0 saturated carbocycles. The van der Waals surface area contributed by atoms with Gasteiger partial charge in [0.2, 0.25) is 5.88 Å². The van der Waals surface area contributed by atoms with Gasteiger partial charge in [-0.05, 0) is 67.8 Å². The van der Waals surface area contributed by atoms with Crippen LogP contribution in [-0.2, 0) is 12.7 Å². The van der Waals surface area contributed by atoms with Crippen LogP contribution >= 0.6 is 0 Å². The summed E-state index contributed by atoms with van der Waals surface area (Å²) in [4.78, 5) is 13.2. The standard InChI is InChI=1S/C25H22F4N6O/c1-15-13-34(14-30-15)21-9-6-17(31-24(21)36-2)7-10-22-32-23-18(4-3-11-35(23)33-22)19-12-16(26)5-8-20(19)25(27,28)29/h5-10,12-14,18H,3-4,11H2,1-2H3/b10-7+. The maximum Gasteiger partial charge on any atom is 0.416 e. The lowest BCUT2D eigenvalue weighted by molar-refractivity contribution is -0.138. The predicted octanol–water partition coefficient (Wildman–Crippen LogP) is 5.43. The lowest BCUT2D eigenvalue weighted by atomic mass is 9.87. The van der Waals surface area contributed by atoms with E-state index in [-0.39, 0.29) is 5.56 Å². The van der Waals surface area contributed by atoms with Crippen LogP contribution in [0.2, 0.25) is 0 Å². The molecule has 0 spiro atoms. The average molecular weight is 498 g/mol. The van der Waals surface area contributed by atoms with E-state index in [0.29, 0.717) is 42.6 Å². The number of alkyl halides is 3. The highest BCUT2D eigenvalue weighted by molar-refractivity contribution is 5.65. The summed E-state index contributed by atoms with van der Waals surface area (Å²) in [5.41, 5.74) is 1.19. The first-order valence-electron chi connectivity index (χ1n) is 11.3. The van der Waals surface area contributed by atoms with Crippen molar-refractivity contribution in [3.8, 4) is 11.6 Å². The number of pyridine rings is 1. The van der Waals surface area contributed by atoms with Crippen molar-refractivity contribution in [2.75, 3.05) is 7.11 Å². The van der Waals surface area contributed by atoms with Crippen molar-refractivity contribution in [3.05, 3.63) is 82.8 Å². The number of fused-ring (bicyclic) bond motifs is 1. The molecule has 1 aliphatic heterocycles. The third-order valence-electron chi connectivity index (χ3n) is 6.03. The molecule has 36 heavy (non-hydrogen) atoms. The number of halogens is 4. The third-order valence-corrected chi connectivity index (χ3v) is 6.03. The number of imidazole rings is 1. The van der Waals surface area contributed by atoms with Crippen LogP contribution in [-0.4, -0.2) is 36.4 Å². The number of methoxy groups -OCH3 is 1. The lowest BCUT2D eigenvalue weighted by Gasteiger charge is -2.25. The molecule has 1 atom stereocenters. The zero-order chi connectivity index (χ0) is 25.4. The molecule has 0 radical (unpaired) electrons. The SMILES string of the molecule is COc1nc(/C=C/c2nc3n(n2)CCCC3c2cc(F)ccc2C(F)(F)F)ccc1-n1cnc(C)c1. The zero-order valence-electron chi connectivity index (χ0n) is 19.5. The van der Waals surface area contributed by atoms with Gasteiger partial charge < -0.3 is 9.30 Å². The van der Waals surface area contributed by atoms with Crippen molar-refractivity contribution in [3.63, 3.8) is 0 Å². The van der Waals surface area contributed by atoms with Crippen LogP contribution in [0.5, 0.6) is 5.88 Å².